The third-order valence-corrected chi connectivity index (χ3v) is 6.74. The van der Waals surface area contributed by atoms with E-state index in [0.717, 1.165) is 47.8 Å². The SMILES string of the molecule is CCC(C)(C)[C@H]1CCc2nc3ccccc3c(C(=O)OCC(=O)NC(=O)NCC(C)C)c2C1. The minimum Gasteiger partial charge on any atom is -0.452 e. The predicted octanol–water partition coefficient (Wildman–Crippen LogP) is 4.41. The number of para-hydroxylation sites is 1. The zero-order valence-electron chi connectivity index (χ0n) is 20.3. The largest absolute Gasteiger partial charge is 0.452 e. The van der Waals surface area contributed by atoms with E-state index in [4.69, 9.17) is 9.72 Å². The number of imide groups is 1. The number of carbonyl (C=O) groups excluding carboxylic acids is 3. The van der Waals surface area contributed by atoms with Gasteiger partial charge in [0.1, 0.15) is 0 Å². The number of aryl methyl sites for hydroxylation is 1. The van der Waals surface area contributed by atoms with E-state index in [0.29, 0.717) is 18.0 Å². The summed E-state index contributed by atoms with van der Waals surface area (Å²) < 4.78 is 5.38. The van der Waals surface area contributed by atoms with E-state index >= 15 is 0 Å². The molecule has 2 aromatic rings. The molecule has 1 heterocycles. The number of nitrogens with zero attached hydrogens (tertiary/aromatic N) is 1. The van der Waals surface area contributed by atoms with Crippen LogP contribution in [0.5, 0.6) is 0 Å². The van der Waals surface area contributed by atoms with Crippen molar-refractivity contribution in [2.75, 3.05) is 13.2 Å². The van der Waals surface area contributed by atoms with Gasteiger partial charge in [-0.05, 0) is 48.1 Å². The lowest BCUT2D eigenvalue weighted by molar-refractivity contribution is -0.123. The fourth-order valence-electron chi connectivity index (χ4n) is 4.28. The maximum Gasteiger partial charge on any atom is 0.339 e. The number of urea groups is 1. The summed E-state index contributed by atoms with van der Waals surface area (Å²) in [5.74, 6) is -0.534. The number of nitrogens with one attached hydrogen (secondary N) is 2. The summed E-state index contributed by atoms with van der Waals surface area (Å²) in [7, 11) is 0. The molecule has 7 heteroatoms. The second-order valence-corrected chi connectivity index (χ2v) is 9.94. The fraction of sp³-hybridized carbons (Fsp3) is 0.538. The molecule has 1 aliphatic carbocycles. The highest BCUT2D eigenvalue weighted by atomic mass is 16.5. The molecule has 1 atom stereocenters. The topological polar surface area (TPSA) is 97.4 Å². The molecule has 7 nitrogen and oxygen atoms in total. The maximum absolute atomic E-state index is 13.2. The van der Waals surface area contributed by atoms with Gasteiger partial charge in [-0.2, -0.15) is 0 Å². The van der Waals surface area contributed by atoms with Crippen LogP contribution in [0.25, 0.3) is 10.9 Å². The summed E-state index contributed by atoms with van der Waals surface area (Å²) in [5, 5.41) is 5.53. The van der Waals surface area contributed by atoms with Crippen LogP contribution in [-0.2, 0) is 22.4 Å². The van der Waals surface area contributed by atoms with Crippen molar-refractivity contribution in [2.45, 2.75) is 60.3 Å². The molecule has 3 rings (SSSR count). The van der Waals surface area contributed by atoms with Gasteiger partial charge in [-0.15, -0.1) is 0 Å². The molecule has 2 N–H and O–H groups in total. The Kier molecular flexibility index (Phi) is 7.72. The number of amides is 3. The van der Waals surface area contributed by atoms with Gasteiger partial charge in [0.05, 0.1) is 11.1 Å². The van der Waals surface area contributed by atoms with Crippen LogP contribution in [0.4, 0.5) is 4.79 Å². The smallest absolute Gasteiger partial charge is 0.339 e. The summed E-state index contributed by atoms with van der Waals surface area (Å²) in [4.78, 5) is 42.0. The van der Waals surface area contributed by atoms with E-state index in [1.807, 2.05) is 38.1 Å². The number of aromatic nitrogens is 1. The van der Waals surface area contributed by atoms with Gasteiger partial charge in [-0.1, -0.05) is 59.2 Å². The number of carbonyl (C=O) groups is 3. The monoisotopic (exact) mass is 453 g/mol. The second kappa shape index (κ2) is 10.3. The van der Waals surface area contributed by atoms with Gasteiger partial charge in [0.2, 0.25) is 0 Å². The second-order valence-electron chi connectivity index (χ2n) is 9.94. The van der Waals surface area contributed by atoms with Gasteiger partial charge in [-0.3, -0.25) is 15.1 Å². The lowest BCUT2D eigenvalue weighted by Crippen LogP contribution is -2.42. The van der Waals surface area contributed by atoms with Crippen LogP contribution < -0.4 is 10.6 Å². The van der Waals surface area contributed by atoms with Gasteiger partial charge in [0.25, 0.3) is 5.91 Å². The highest BCUT2D eigenvalue weighted by molar-refractivity contribution is 6.06. The van der Waals surface area contributed by atoms with Crippen LogP contribution >= 0.6 is 0 Å². The van der Waals surface area contributed by atoms with E-state index in [-0.39, 0.29) is 11.3 Å². The molecular formula is C26H35N3O4. The highest BCUT2D eigenvalue weighted by Crippen LogP contribution is 2.41. The lowest BCUT2D eigenvalue weighted by atomic mass is 9.68. The number of benzene rings is 1. The molecule has 3 amide bonds. The van der Waals surface area contributed by atoms with Crippen LogP contribution in [-0.4, -0.2) is 36.0 Å². The molecule has 0 unspecified atom stereocenters. The Balaban J connectivity index is 1.81. The molecule has 0 saturated carbocycles. The number of hydrogen-bond donors (Lipinski definition) is 2. The first-order chi connectivity index (χ1) is 15.6. The standard InChI is InChI=1S/C26H35N3O4/c1-6-26(4,5)17-11-12-21-19(13-17)23(18-9-7-8-10-20(18)28-21)24(31)33-15-22(30)29-25(32)27-14-16(2)3/h7-10,16-17H,6,11-15H2,1-5H3,(H2,27,29,30,32)/t17-/m0/s1. The van der Waals surface area contributed by atoms with Crippen molar-refractivity contribution in [3.05, 3.63) is 41.1 Å². The highest BCUT2D eigenvalue weighted by Gasteiger charge is 2.34. The Bertz CT molecular complexity index is 1050. The van der Waals surface area contributed by atoms with Crippen molar-refractivity contribution < 1.29 is 19.1 Å². The van der Waals surface area contributed by atoms with Crippen LogP contribution in [0.1, 0.15) is 69.1 Å². The third kappa shape index (κ3) is 5.89. The molecule has 33 heavy (non-hydrogen) atoms. The molecule has 0 saturated heterocycles. The average Bonchev–Trinajstić information content (AvgIpc) is 2.79. The van der Waals surface area contributed by atoms with Crippen molar-refractivity contribution >= 4 is 28.8 Å². The van der Waals surface area contributed by atoms with Crippen LogP contribution in [0.3, 0.4) is 0 Å². The molecule has 1 aromatic heterocycles. The van der Waals surface area contributed by atoms with Crippen LogP contribution in [0.2, 0.25) is 0 Å². The molecule has 0 aliphatic heterocycles. The van der Waals surface area contributed by atoms with E-state index in [1.165, 1.54) is 0 Å². The number of hydrogen-bond acceptors (Lipinski definition) is 5. The number of esters is 1. The maximum atomic E-state index is 13.2. The summed E-state index contributed by atoms with van der Waals surface area (Å²) in [6.45, 7) is 10.6. The summed E-state index contributed by atoms with van der Waals surface area (Å²) in [6.07, 6.45) is 3.64. The quantitative estimate of drug-likeness (QED) is 0.605. The molecule has 0 radical (unpaired) electrons. The first-order valence-corrected chi connectivity index (χ1v) is 11.8. The first-order valence-electron chi connectivity index (χ1n) is 11.8. The molecule has 1 aliphatic rings. The predicted molar refractivity (Wildman–Crippen MR) is 128 cm³/mol. The van der Waals surface area contributed by atoms with Crippen molar-refractivity contribution in [3.63, 3.8) is 0 Å². The van der Waals surface area contributed by atoms with Crippen molar-refractivity contribution in [2.24, 2.45) is 17.3 Å². The summed E-state index contributed by atoms with van der Waals surface area (Å²) >= 11 is 0. The molecule has 0 fully saturated rings. The summed E-state index contributed by atoms with van der Waals surface area (Å²) in [6, 6.07) is 6.93. The number of fused-ring (bicyclic) bond motifs is 2. The van der Waals surface area contributed by atoms with Gasteiger partial charge in [0, 0.05) is 17.6 Å². The first kappa shape index (κ1) is 24.7. The van der Waals surface area contributed by atoms with Gasteiger partial charge in [0.15, 0.2) is 6.61 Å². The summed E-state index contributed by atoms with van der Waals surface area (Å²) in [5.41, 5.74) is 3.24. The zero-order chi connectivity index (χ0) is 24.2. The Labute approximate surface area is 195 Å². The number of pyridine rings is 1. The van der Waals surface area contributed by atoms with Crippen LogP contribution in [0.15, 0.2) is 24.3 Å². The Morgan fingerprint density at radius 2 is 1.94 bits per heavy atom. The molecule has 0 spiro atoms. The van der Waals surface area contributed by atoms with E-state index in [1.54, 1.807) is 0 Å². The Morgan fingerprint density at radius 1 is 1.21 bits per heavy atom. The van der Waals surface area contributed by atoms with Crippen molar-refractivity contribution in [3.8, 4) is 0 Å². The zero-order valence-corrected chi connectivity index (χ0v) is 20.3. The van der Waals surface area contributed by atoms with Gasteiger partial charge >= 0.3 is 12.0 Å². The van der Waals surface area contributed by atoms with Crippen LogP contribution in [0, 0.1) is 17.3 Å². The lowest BCUT2D eigenvalue weighted by Gasteiger charge is -2.37. The van der Waals surface area contributed by atoms with Gasteiger partial charge in [-0.25, -0.2) is 9.59 Å². The number of ether oxygens (including phenoxy) is 1. The Hall–Kier alpha value is -2.96. The minimum atomic E-state index is -0.665. The average molecular weight is 454 g/mol. The normalized spacial score (nSPS) is 15.8. The van der Waals surface area contributed by atoms with E-state index in [2.05, 4.69) is 31.4 Å². The molecule has 178 valence electrons. The van der Waals surface area contributed by atoms with E-state index < -0.39 is 24.5 Å². The third-order valence-electron chi connectivity index (χ3n) is 6.74. The Morgan fingerprint density at radius 3 is 2.64 bits per heavy atom. The van der Waals surface area contributed by atoms with Gasteiger partial charge < -0.3 is 10.1 Å². The number of rotatable bonds is 7. The van der Waals surface area contributed by atoms with E-state index in [9.17, 15) is 14.4 Å². The molecule has 1 aromatic carbocycles. The van der Waals surface area contributed by atoms with Crippen molar-refractivity contribution in [1.29, 1.82) is 0 Å². The van der Waals surface area contributed by atoms with Crippen molar-refractivity contribution in [1.82, 2.24) is 15.6 Å². The molecular weight excluding hydrogens is 418 g/mol. The minimum absolute atomic E-state index is 0.147. The molecule has 0 bridgehead atoms. The fourth-order valence-corrected chi connectivity index (χ4v) is 4.28.